The molecule has 1 aromatic rings. The Hall–Kier alpha value is -0.590. The van der Waals surface area contributed by atoms with E-state index in [1.807, 2.05) is 0 Å². The average molecular weight is 297 g/mol. The maximum Gasteiger partial charge on any atom is 0.339 e. The molecular weight excluding hydrogens is 284 g/mol. The van der Waals surface area contributed by atoms with Gasteiger partial charge in [0.25, 0.3) is 9.05 Å². The van der Waals surface area contributed by atoms with Crippen LogP contribution in [0.1, 0.15) is 36.5 Å². The summed E-state index contributed by atoms with van der Waals surface area (Å²) in [7, 11) is 1.39. The number of esters is 1. The summed E-state index contributed by atoms with van der Waals surface area (Å²) in [6.07, 6.45) is 2.86. The van der Waals surface area contributed by atoms with E-state index >= 15 is 0 Å². The molecule has 0 radical (unpaired) electrons. The lowest BCUT2D eigenvalue weighted by Gasteiger charge is -2.01. The van der Waals surface area contributed by atoms with E-state index in [1.54, 1.807) is 0 Å². The highest BCUT2D eigenvalue weighted by atomic mass is 35.7. The number of carbonyl (C=O) groups is 1. The summed E-state index contributed by atoms with van der Waals surface area (Å²) in [5, 5.41) is 1.43. The zero-order valence-corrected chi connectivity index (χ0v) is 11.7. The average Bonchev–Trinajstić information content (AvgIpc) is 2.72. The molecule has 17 heavy (non-hydrogen) atoms. The van der Waals surface area contributed by atoms with Crippen LogP contribution in [0.2, 0.25) is 0 Å². The van der Waals surface area contributed by atoms with Crippen LogP contribution in [-0.2, 0) is 13.8 Å². The van der Waals surface area contributed by atoms with Gasteiger partial charge in [0.05, 0.1) is 12.2 Å². The molecule has 0 unspecified atom stereocenters. The first-order chi connectivity index (χ1) is 7.95. The summed E-state index contributed by atoms with van der Waals surface area (Å²) in [6, 6.07) is 1.23. The smallest absolute Gasteiger partial charge is 0.339 e. The zero-order chi connectivity index (χ0) is 12.9. The third kappa shape index (κ3) is 4.65. The number of thiophene rings is 1. The highest BCUT2D eigenvalue weighted by molar-refractivity contribution is 8.15. The van der Waals surface area contributed by atoms with E-state index in [0.717, 1.165) is 30.6 Å². The second kappa shape index (κ2) is 6.37. The van der Waals surface area contributed by atoms with Crippen LogP contribution in [0, 0.1) is 0 Å². The van der Waals surface area contributed by atoms with Crippen molar-refractivity contribution in [1.82, 2.24) is 0 Å². The van der Waals surface area contributed by atoms with E-state index in [9.17, 15) is 13.2 Å². The van der Waals surface area contributed by atoms with Gasteiger partial charge in [0.1, 0.15) is 4.21 Å². The molecular formula is C10H13ClO4S2. The topological polar surface area (TPSA) is 60.4 Å². The van der Waals surface area contributed by atoms with Crippen molar-refractivity contribution in [1.29, 1.82) is 0 Å². The van der Waals surface area contributed by atoms with Gasteiger partial charge in [-0.2, -0.15) is 0 Å². The Balaban J connectivity index is 2.56. The molecule has 0 aliphatic carbocycles. The molecule has 0 aliphatic rings. The van der Waals surface area contributed by atoms with E-state index in [2.05, 4.69) is 6.92 Å². The van der Waals surface area contributed by atoms with E-state index in [-0.39, 0.29) is 9.77 Å². The quantitative estimate of drug-likeness (QED) is 0.460. The molecule has 0 amide bonds. The Bertz CT molecular complexity index is 478. The molecule has 0 aromatic carbocycles. The van der Waals surface area contributed by atoms with E-state index in [1.165, 1.54) is 11.4 Å². The Morgan fingerprint density at radius 1 is 1.47 bits per heavy atom. The molecule has 0 bridgehead atoms. The largest absolute Gasteiger partial charge is 0.462 e. The molecule has 0 fully saturated rings. The lowest BCUT2D eigenvalue weighted by Crippen LogP contribution is -2.05. The van der Waals surface area contributed by atoms with Crippen LogP contribution in [0.5, 0.6) is 0 Å². The number of unbranched alkanes of at least 4 members (excludes halogenated alkanes) is 2. The molecule has 0 aliphatic heterocycles. The Morgan fingerprint density at radius 2 is 2.18 bits per heavy atom. The van der Waals surface area contributed by atoms with Gasteiger partial charge >= 0.3 is 5.97 Å². The van der Waals surface area contributed by atoms with Gasteiger partial charge < -0.3 is 4.74 Å². The van der Waals surface area contributed by atoms with Gasteiger partial charge in [-0.05, 0) is 12.5 Å². The van der Waals surface area contributed by atoms with Crippen LogP contribution in [0.25, 0.3) is 0 Å². The number of ether oxygens (including phenoxy) is 1. The number of rotatable bonds is 6. The Morgan fingerprint density at radius 3 is 2.71 bits per heavy atom. The highest BCUT2D eigenvalue weighted by Crippen LogP contribution is 2.24. The van der Waals surface area contributed by atoms with Crippen LogP contribution in [0.15, 0.2) is 15.7 Å². The number of hydrogen-bond acceptors (Lipinski definition) is 5. The second-order valence-electron chi connectivity index (χ2n) is 3.44. The normalized spacial score (nSPS) is 11.4. The first-order valence-corrected chi connectivity index (χ1v) is 8.34. The van der Waals surface area contributed by atoms with Crippen LogP contribution < -0.4 is 0 Å². The van der Waals surface area contributed by atoms with Gasteiger partial charge in [0, 0.05) is 16.1 Å². The van der Waals surface area contributed by atoms with Crippen molar-refractivity contribution in [3.63, 3.8) is 0 Å². The van der Waals surface area contributed by atoms with Gasteiger partial charge in [-0.15, -0.1) is 11.3 Å². The van der Waals surface area contributed by atoms with Crippen molar-refractivity contribution in [2.75, 3.05) is 6.61 Å². The molecule has 96 valence electrons. The van der Waals surface area contributed by atoms with E-state index in [0.29, 0.717) is 6.61 Å². The minimum Gasteiger partial charge on any atom is -0.462 e. The summed E-state index contributed by atoms with van der Waals surface area (Å²) in [6.45, 7) is 2.41. The molecule has 1 rings (SSSR count). The minimum atomic E-state index is -3.76. The van der Waals surface area contributed by atoms with Crippen molar-refractivity contribution in [3.8, 4) is 0 Å². The lowest BCUT2D eigenvalue weighted by molar-refractivity contribution is 0.0498. The van der Waals surface area contributed by atoms with Gasteiger partial charge in [-0.3, -0.25) is 0 Å². The highest BCUT2D eigenvalue weighted by Gasteiger charge is 2.17. The summed E-state index contributed by atoms with van der Waals surface area (Å²) >= 11 is 0.908. The van der Waals surface area contributed by atoms with Crippen molar-refractivity contribution in [2.24, 2.45) is 0 Å². The summed E-state index contributed by atoms with van der Waals surface area (Å²) in [5.74, 6) is -0.510. The van der Waals surface area contributed by atoms with Gasteiger partial charge in [-0.1, -0.05) is 19.8 Å². The van der Waals surface area contributed by atoms with E-state index in [4.69, 9.17) is 15.4 Å². The monoisotopic (exact) mass is 296 g/mol. The number of halogens is 1. The SMILES string of the molecule is CCCCCOC(=O)c1csc(S(=O)(=O)Cl)c1. The standard InChI is InChI=1S/C10H13ClO4S2/c1-2-3-4-5-15-10(12)8-6-9(16-7-8)17(11,13)14/h6-7H,2-5H2,1H3. The van der Waals surface area contributed by atoms with Crippen LogP contribution in [-0.4, -0.2) is 21.0 Å². The zero-order valence-electron chi connectivity index (χ0n) is 9.31. The Kier molecular flexibility index (Phi) is 5.42. The third-order valence-electron chi connectivity index (χ3n) is 2.03. The van der Waals surface area contributed by atoms with Crippen molar-refractivity contribution in [2.45, 2.75) is 30.4 Å². The summed E-state index contributed by atoms with van der Waals surface area (Å²) in [5.41, 5.74) is 0.228. The third-order valence-corrected chi connectivity index (χ3v) is 5.07. The predicted octanol–water partition coefficient (Wildman–Crippen LogP) is 3.02. The van der Waals surface area contributed by atoms with Crippen LogP contribution >= 0.6 is 22.0 Å². The molecule has 0 atom stereocenters. The fourth-order valence-electron chi connectivity index (χ4n) is 1.15. The maximum absolute atomic E-state index is 11.5. The molecule has 0 saturated heterocycles. The fourth-order valence-corrected chi connectivity index (χ4v) is 3.09. The fraction of sp³-hybridized carbons (Fsp3) is 0.500. The van der Waals surface area contributed by atoms with Crippen LogP contribution in [0.3, 0.4) is 0 Å². The maximum atomic E-state index is 11.5. The number of carbonyl (C=O) groups excluding carboxylic acids is 1. The number of hydrogen-bond donors (Lipinski definition) is 0. The summed E-state index contributed by atoms with van der Waals surface area (Å²) < 4.78 is 26.9. The molecule has 0 saturated carbocycles. The molecule has 1 heterocycles. The molecule has 4 nitrogen and oxygen atoms in total. The Labute approximate surface area is 109 Å². The predicted molar refractivity (Wildman–Crippen MR) is 67.2 cm³/mol. The first kappa shape index (κ1) is 14.5. The van der Waals surface area contributed by atoms with Gasteiger partial charge in [0.2, 0.25) is 0 Å². The van der Waals surface area contributed by atoms with E-state index < -0.39 is 15.0 Å². The van der Waals surface area contributed by atoms with Crippen LogP contribution in [0.4, 0.5) is 0 Å². The lowest BCUT2D eigenvalue weighted by atomic mass is 10.3. The van der Waals surface area contributed by atoms with Gasteiger partial charge in [0.15, 0.2) is 0 Å². The first-order valence-electron chi connectivity index (χ1n) is 5.15. The minimum absolute atomic E-state index is 0.0420. The van der Waals surface area contributed by atoms with Crippen molar-refractivity contribution in [3.05, 3.63) is 17.0 Å². The second-order valence-corrected chi connectivity index (χ2v) is 7.14. The van der Waals surface area contributed by atoms with Gasteiger partial charge in [-0.25, -0.2) is 13.2 Å². The van der Waals surface area contributed by atoms with Crippen molar-refractivity contribution < 1.29 is 17.9 Å². The summed E-state index contributed by atoms with van der Waals surface area (Å²) in [4.78, 5) is 11.5. The molecule has 0 N–H and O–H groups in total. The molecule has 1 aromatic heterocycles. The molecule has 7 heteroatoms. The molecule has 0 spiro atoms. The van der Waals surface area contributed by atoms with Crippen molar-refractivity contribution >= 4 is 37.0 Å².